The van der Waals surface area contributed by atoms with E-state index < -0.39 is 0 Å². The molecular weight excluding hydrogens is 338 g/mol. The fourth-order valence-electron chi connectivity index (χ4n) is 1.68. The molecule has 0 saturated carbocycles. The number of nitrogens with one attached hydrogen (secondary N) is 1. The van der Waals surface area contributed by atoms with Gasteiger partial charge in [-0.25, -0.2) is 9.97 Å². The molecule has 0 saturated heterocycles. The number of halogens is 2. The summed E-state index contributed by atoms with van der Waals surface area (Å²) in [6, 6.07) is 7.83. The van der Waals surface area contributed by atoms with E-state index in [4.69, 9.17) is 11.6 Å². The quantitative estimate of drug-likeness (QED) is 0.749. The molecule has 106 valence electrons. The molecule has 0 fully saturated rings. The molecular formula is C15H17BrClN3. The van der Waals surface area contributed by atoms with Crippen molar-refractivity contribution in [1.82, 2.24) is 9.97 Å². The summed E-state index contributed by atoms with van der Waals surface area (Å²) in [5.74, 6) is 1.41. The molecule has 20 heavy (non-hydrogen) atoms. The summed E-state index contributed by atoms with van der Waals surface area (Å²) in [4.78, 5) is 8.82. The number of aromatic nitrogens is 2. The highest BCUT2D eigenvalue weighted by atomic mass is 79.9. The van der Waals surface area contributed by atoms with E-state index in [-0.39, 0.29) is 5.41 Å². The zero-order valence-electron chi connectivity index (χ0n) is 12.0. The summed E-state index contributed by atoms with van der Waals surface area (Å²) in [5.41, 5.74) is 2.00. The maximum Gasteiger partial charge on any atom is 0.137 e. The van der Waals surface area contributed by atoms with E-state index in [9.17, 15) is 0 Å². The first kappa shape index (κ1) is 15.3. The van der Waals surface area contributed by atoms with Crippen molar-refractivity contribution in [3.8, 4) is 0 Å². The van der Waals surface area contributed by atoms with Crippen LogP contribution in [-0.2, 0) is 5.41 Å². The fraction of sp³-hybridized carbons (Fsp3) is 0.333. The Morgan fingerprint density at radius 3 is 2.45 bits per heavy atom. The minimum Gasteiger partial charge on any atom is -0.339 e. The molecule has 0 atom stereocenters. The maximum atomic E-state index is 6.08. The van der Waals surface area contributed by atoms with E-state index in [0.717, 1.165) is 16.0 Å². The number of benzene rings is 1. The van der Waals surface area contributed by atoms with Crippen molar-refractivity contribution in [2.75, 3.05) is 5.32 Å². The van der Waals surface area contributed by atoms with Crippen molar-refractivity contribution in [3.63, 3.8) is 0 Å². The number of hydrogen-bond donors (Lipinski definition) is 1. The van der Waals surface area contributed by atoms with Crippen LogP contribution in [0.3, 0.4) is 0 Å². The number of rotatable bonds is 2. The van der Waals surface area contributed by atoms with Gasteiger partial charge in [0.1, 0.15) is 16.8 Å². The molecule has 0 bridgehead atoms. The highest BCUT2D eigenvalue weighted by Gasteiger charge is 2.19. The normalized spacial score (nSPS) is 11.5. The molecule has 1 heterocycles. The molecule has 0 radical (unpaired) electrons. The van der Waals surface area contributed by atoms with Crippen LogP contribution in [0.25, 0.3) is 0 Å². The average molecular weight is 355 g/mol. The zero-order chi connectivity index (χ0) is 14.9. The van der Waals surface area contributed by atoms with E-state index in [2.05, 4.69) is 58.1 Å². The van der Waals surface area contributed by atoms with Crippen LogP contribution >= 0.6 is 27.5 Å². The van der Waals surface area contributed by atoms with Gasteiger partial charge in [0.2, 0.25) is 0 Å². The van der Waals surface area contributed by atoms with Gasteiger partial charge in [0.15, 0.2) is 0 Å². The Hall–Kier alpha value is -1.13. The number of aryl methyl sites for hydroxylation is 1. The van der Waals surface area contributed by atoms with Crippen LogP contribution < -0.4 is 5.32 Å². The predicted molar refractivity (Wildman–Crippen MR) is 87.9 cm³/mol. The largest absolute Gasteiger partial charge is 0.339 e. The van der Waals surface area contributed by atoms with E-state index >= 15 is 0 Å². The van der Waals surface area contributed by atoms with Gasteiger partial charge < -0.3 is 5.32 Å². The smallest absolute Gasteiger partial charge is 0.137 e. The Morgan fingerprint density at radius 2 is 1.85 bits per heavy atom. The first-order valence-corrected chi connectivity index (χ1v) is 7.51. The van der Waals surface area contributed by atoms with E-state index in [1.807, 2.05) is 19.1 Å². The molecule has 1 aromatic heterocycles. The number of nitrogens with zero attached hydrogens (tertiary/aromatic N) is 2. The van der Waals surface area contributed by atoms with E-state index in [0.29, 0.717) is 11.0 Å². The van der Waals surface area contributed by atoms with Gasteiger partial charge in [0.25, 0.3) is 0 Å². The lowest BCUT2D eigenvalue weighted by Gasteiger charge is -2.18. The van der Waals surface area contributed by atoms with E-state index in [1.54, 1.807) is 6.07 Å². The Kier molecular flexibility index (Phi) is 4.35. The fourth-order valence-corrected chi connectivity index (χ4v) is 2.45. The number of anilines is 2. The van der Waals surface area contributed by atoms with Crippen LogP contribution in [0.1, 0.15) is 32.2 Å². The summed E-state index contributed by atoms with van der Waals surface area (Å²) in [5, 5.41) is 3.71. The van der Waals surface area contributed by atoms with Gasteiger partial charge in [0.05, 0.1) is 5.69 Å². The summed E-state index contributed by atoms with van der Waals surface area (Å²) < 4.78 is 0.990. The highest BCUT2D eigenvalue weighted by molar-refractivity contribution is 9.10. The van der Waals surface area contributed by atoms with Crippen LogP contribution in [0.4, 0.5) is 11.5 Å². The molecule has 0 aliphatic rings. The second kappa shape index (κ2) is 5.70. The van der Waals surface area contributed by atoms with Crippen molar-refractivity contribution < 1.29 is 0 Å². The van der Waals surface area contributed by atoms with Gasteiger partial charge in [-0.2, -0.15) is 0 Å². The zero-order valence-corrected chi connectivity index (χ0v) is 14.3. The minimum atomic E-state index is -0.147. The van der Waals surface area contributed by atoms with Gasteiger partial charge in [0, 0.05) is 16.0 Å². The van der Waals surface area contributed by atoms with Crippen LogP contribution in [0.2, 0.25) is 5.15 Å². The summed E-state index contributed by atoms with van der Waals surface area (Å²) in [6.07, 6.45) is 0. The van der Waals surface area contributed by atoms with Crippen molar-refractivity contribution in [3.05, 3.63) is 45.3 Å². The minimum absolute atomic E-state index is 0.147. The highest BCUT2D eigenvalue weighted by Crippen LogP contribution is 2.28. The van der Waals surface area contributed by atoms with Crippen molar-refractivity contribution in [1.29, 1.82) is 0 Å². The van der Waals surface area contributed by atoms with Gasteiger partial charge in [-0.05, 0) is 40.5 Å². The molecule has 0 aliphatic carbocycles. The van der Waals surface area contributed by atoms with E-state index in [1.165, 1.54) is 5.56 Å². The molecule has 0 unspecified atom stereocenters. The van der Waals surface area contributed by atoms with Gasteiger partial charge in [-0.1, -0.05) is 38.4 Å². The lowest BCUT2D eigenvalue weighted by atomic mass is 9.96. The summed E-state index contributed by atoms with van der Waals surface area (Å²) in [6.45, 7) is 8.23. The molecule has 2 aromatic rings. The second-order valence-electron chi connectivity index (χ2n) is 5.76. The molecule has 5 heteroatoms. The molecule has 1 aromatic carbocycles. The van der Waals surface area contributed by atoms with Crippen molar-refractivity contribution >= 4 is 39.0 Å². The Labute approximate surface area is 132 Å². The summed E-state index contributed by atoms with van der Waals surface area (Å²) in [7, 11) is 0. The molecule has 1 N–H and O–H groups in total. The average Bonchev–Trinajstić information content (AvgIpc) is 2.31. The third-order valence-electron chi connectivity index (χ3n) is 2.75. The second-order valence-corrected chi connectivity index (χ2v) is 7.00. The molecule has 3 nitrogen and oxygen atoms in total. The Bertz CT molecular complexity index is 636. The van der Waals surface area contributed by atoms with Gasteiger partial charge >= 0.3 is 0 Å². The SMILES string of the molecule is Cc1ccc(Nc2cc(Cl)nc(C(C)(C)C)n2)c(Br)c1. The molecule has 0 amide bonds. The molecule has 0 aliphatic heterocycles. The Morgan fingerprint density at radius 1 is 1.15 bits per heavy atom. The maximum absolute atomic E-state index is 6.08. The van der Waals surface area contributed by atoms with Gasteiger partial charge in [-0.3, -0.25) is 0 Å². The third kappa shape index (κ3) is 3.70. The van der Waals surface area contributed by atoms with Crippen LogP contribution in [0.5, 0.6) is 0 Å². The monoisotopic (exact) mass is 353 g/mol. The predicted octanol–water partition coefficient (Wildman–Crippen LogP) is 5.24. The topological polar surface area (TPSA) is 37.8 Å². The van der Waals surface area contributed by atoms with Crippen LogP contribution in [-0.4, -0.2) is 9.97 Å². The molecule has 2 rings (SSSR count). The van der Waals surface area contributed by atoms with Crippen molar-refractivity contribution in [2.24, 2.45) is 0 Å². The molecule has 0 spiro atoms. The third-order valence-corrected chi connectivity index (χ3v) is 3.60. The first-order chi connectivity index (χ1) is 9.25. The van der Waals surface area contributed by atoms with Crippen molar-refractivity contribution in [2.45, 2.75) is 33.1 Å². The van der Waals surface area contributed by atoms with Gasteiger partial charge in [-0.15, -0.1) is 0 Å². The van der Waals surface area contributed by atoms with Crippen LogP contribution in [0.15, 0.2) is 28.7 Å². The summed E-state index contributed by atoms with van der Waals surface area (Å²) >= 11 is 9.63. The lowest BCUT2D eigenvalue weighted by Crippen LogP contribution is -2.16. The Balaban J connectivity index is 2.36. The standard InChI is InChI=1S/C15H17BrClN3/c1-9-5-6-11(10(16)7-9)18-13-8-12(17)19-14(20-13)15(2,3)4/h5-8H,1-4H3,(H,18,19,20). The lowest BCUT2D eigenvalue weighted by molar-refractivity contribution is 0.546. The van der Waals surface area contributed by atoms with Crippen LogP contribution in [0, 0.1) is 6.92 Å². The first-order valence-electron chi connectivity index (χ1n) is 6.34. The number of hydrogen-bond acceptors (Lipinski definition) is 3.